The predicted molar refractivity (Wildman–Crippen MR) is 72.7 cm³/mol. The van der Waals surface area contributed by atoms with Crippen molar-refractivity contribution in [1.29, 1.82) is 0 Å². The van der Waals surface area contributed by atoms with Crippen LogP contribution in [0.5, 0.6) is 0 Å². The van der Waals surface area contributed by atoms with E-state index in [1.807, 2.05) is 13.8 Å². The Kier molecular flexibility index (Phi) is 5.73. The van der Waals surface area contributed by atoms with E-state index in [4.69, 9.17) is 5.73 Å². The van der Waals surface area contributed by atoms with Crippen LogP contribution in [0, 0.1) is 17.6 Å². The molecule has 0 fully saturated rings. The first-order valence-corrected chi connectivity index (χ1v) is 6.55. The van der Waals surface area contributed by atoms with Gasteiger partial charge in [-0.15, -0.1) is 0 Å². The average Bonchev–Trinajstić information content (AvgIpc) is 2.40. The summed E-state index contributed by atoms with van der Waals surface area (Å²) in [5, 5.41) is 2.40. The fourth-order valence-corrected chi connectivity index (χ4v) is 1.89. The lowest BCUT2D eigenvalue weighted by Gasteiger charge is -2.16. The summed E-state index contributed by atoms with van der Waals surface area (Å²) >= 11 is 0. The lowest BCUT2D eigenvalue weighted by Crippen LogP contribution is -2.23. The highest BCUT2D eigenvalue weighted by Crippen LogP contribution is 2.26. The Morgan fingerprint density at radius 3 is 2.63 bits per heavy atom. The number of benzene rings is 1. The lowest BCUT2D eigenvalue weighted by molar-refractivity contribution is -0.120. The molecule has 0 aromatic heterocycles. The van der Waals surface area contributed by atoms with Crippen molar-refractivity contribution >= 4 is 17.3 Å². The number of hydrogen-bond donors (Lipinski definition) is 2. The van der Waals surface area contributed by atoms with Crippen LogP contribution in [-0.4, -0.2) is 5.91 Å². The zero-order chi connectivity index (χ0) is 14.4. The van der Waals surface area contributed by atoms with Crippen LogP contribution in [0.3, 0.4) is 0 Å². The zero-order valence-corrected chi connectivity index (χ0v) is 11.3. The minimum Gasteiger partial charge on any atom is -0.397 e. The number of carbonyl (C=O) groups excluding carboxylic acids is 1. The second-order valence-corrected chi connectivity index (χ2v) is 4.56. The summed E-state index contributed by atoms with van der Waals surface area (Å²) in [7, 11) is 0. The maximum absolute atomic E-state index is 13.6. The third kappa shape index (κ3) is 3.91. The third-order valence-corrected chi connectivity index (χ3v) is 3.14. The maximum atomic E-state index is 13.6. The fourth-order valence-electron chi connectivity index (χ4n) is 1.89. The van der Waals surface area contributed by atoms with E-state index >= 15 is 0 Å². The summed E-state index contributed by atoms with van der Waals surface area (Å²) < 4.78 is 26.7. The van der Waals surface area contributed by atoms with Crippen LogP contribution in [0.2, 0.25) is 0 Å². The number of carbonyl (C=O) groups is 1. The Hall–Kier alpha value is -1.65. The van der Waals surface area contributed by atoms with Gasteiger partial charge in [0.2, 0.25) is 5.91 Å². The van der Waals surface area contributed by atoms with Crippen molar-refractivity contribution in [3.8, 4) is 0 Å². The van der Waals surface area contributed by atoms with Crippen LogP contribution in [0.1, 0.15) is 39.5 Å². The van der Waals surface area contributed by atoms with Crippen molar-refractivity contribution in [3.63, 3.8) is 0 Å². The molecule has 0 heterocycles. The standard InChI is InChI=1S/C14H20F2N2O/c1-3-5-6-9(4-2)14(19)18-13-11(17)8-7-10(15)12(13)16/h7-9H,3-6,17H2,1-2H3,(H,18,19). The molecule has 1 unspecified atom stereocenters. The fraction of sp³-hybridized carbons (Fsp3) is 0.500. The normalized spacial score (nSPS) is 12.2. The molecule has 1 amide bonds. The Labute approximate surface area is 112 Å². The number of unbranched alkanes of at least 4 members (excludes halogenated alkanes) is 1. The first-order valence-electron chi connectivity index (χ1n) is 6.55. The van der Waals surface area contributed by atoms with Gasteiger partial charge in [0.15, 0.2) is 11.6 Å². The van der Waals surface area contributed by atoms with E-state index in [0.29, 0.717) is 6.42 Å². The van der Waals surface area contributed by atoms with E-state index < -0.39 is 11.6 Å². The largest absolute Gasteiger partial charge is 0.397 e. The van der Waals surface area contributed by atoms with Gasteiger partial charge < -0.3 is 11.1 Å². The number of amides is 1. The summed E-state index contributed by atoms with van der Waals surface area (Å²) in [5.41, 5.74) is 5.32. The van der Waals surface area contributed by atoms with Crippen molar-refractivity contribution in [3.05, 3.63) is 23.8 Å². The lowest BCUT2D eigenvalue weighted by atomic mass is 9.98. The van der Waals surface area contributed by atoms with Crippen molar-refractivity contribution in [1.82, 2.24) is 0 Å². The van der Waals surface area contributed by atoms with Gasteiger partial charge in [-0.2, -0.15) is 0 Å². The topological polar surface area (TPSA) is 55.1 Å². The zero-order valence-electron chi connectivity index (χ0n) is 11.3. The van der Waals surface area contributed by atoms with Crippen molar-refractivity contribution in [2.45, 2.75) is 39.5 Å². The number of halogens is 2. The smallest absolute Gasteiger partial charge is 0.227 e. The molecule has 0 aliphatic heterocycles. The van der Waals surface area contributed by atoms with Gasteiger partial charge in [0, 0.05) is 5.92 Å². The van der Waals surface area contributed by atoms with Crippen LogP contribution in [0.15, 0.2) is 12.1 Å². The molecule has 1 rings (SSSR count). The van der Waals surface area contributed by atoms with Gasteiger partial charge in [0.05, 0.1) is 5.69 Å². The number of anilines is 2. The summed E-state index contributed by atoms with van der Waals surface area (Å²) in [6.45, 7) is 3.93. The van der Waals surface area contributed by atoms with Crippen LogP contribution in [0.25, 0.3) is 0 Å². The van der Waals surface area contributed by atoms with E-state index in [1.165, 1.54) is 6.07 Å². The van der Waals surface area contributed by atoms with E-state index in [1.54, 1.807) is 0 Å². The molecule has 1 atom stereocenters. The van der Waals surface area contributed by atoms with E-state index in [2.05, 4.69) is 5.32 Å². The quantitative estimate of drug-likeness (QED) is 0.774. The van der Waals surface area contributed by atoms with Crippen LogP contribution in [0.4, 0.5) is 20.2 Å². The first-order chi connectivity index (χ1) is 9.01. The molecule has 0 saturated heterocycles. The molecule has 1 aromatic carbocycles. The third-order valence-electron chi connectivity index (χ3n) is 3.14. The molecule has 106 valence electrons. The highest BCUT2D eigenvalue weighted by Gasteiger charge is 2.20. The first kappa shape index (κ1) is 15.4. The minimum atomic E-state index is -1.11. The molecule has 0 radical (unpaired) electrons. The number of nitrogen functional groups attached to an aromatic ring is 1. The van der Waals surface area contributed by atoms with Gasteiger partial charge in [-0.05, 0) is 25.0 Å². The summed E-state index contributed by atoms with van der Waals surface area (Å²) in [5.74, 6) is -2.65. The molecule has 0 bridgehead atoms. The molecule has 0 saturated carbocycles. The van der Waals surface area contributed by atoms with Gasteiger partial charge in [-0.25, -0.2) is 8.78 Å². The molecule has 19 heavy (non-hydrogen) atoms. The average molecular weight is 270 g/mol. The molecule has 1 aromatic rings. The van der Waals surface area contributed by atoms with Gasteiger partial charge in [0.1, 0.15) is 5.69 Å². The molecular formula is C14H20F2N2O. The number of nitrogens with two attached hydrogens (primary N) is 1. The summed E-state index contributed by atoms with van der Waals surface area (Å²) in [6, 6.07) is 2.18. The predicted octanol–water partition coefficient (Wildman–Crippen LogP) is 3.70. The summed E-state index contributed by atoms with van der Waals surface area (Å²) in [4.78, 5) is 12.0. The highest BCUT2D eigenvalue weighted by atomic mass is 19.2. The van der Waals surface area contributed by atoms with E-state index in [9.17, 15) is 13.6 Å². The highest BCUT2D eigenvalue weighted by molar-refractivity contribution is 5.95. The Bertz CT molecular complexity index is 449. The van der Waals surface area contributed by atoms with Crippen LogP contribution in [-0.2, 0) is 4.79 Å². The molecule has 0 aliphatic rings. The molecular weight excluding hydrogens is 250 g/mol. The molecule has 5 heteroatoms. The summed E-state index contributed by atoms with van der Waals surface area (Å²) in [6.07, 6.45) is 3.30. The molecule has 3 N–H and O–H groups in total. The van der Waals surface area contributed by atoms with Gasteiger partial charge in [-0.3, -0.25) is 4.79 Å². The van der Waals surface area contributed by atoms with Crippen LogP contribution >= 0.6 is 0 Å². The van der Waals surface area contributed by atoms with E-state index in [-0.39, 0.29) is 23.2 Å². The van der Waals surface area contributed by atoms with Crippen molar-refractivity contribution < 1.29 is 13.6 Å². The van der Waals surface area contributed by atoms with E-state index in [0.717, 1.165) is 25.3 Å². The number of nitrogens with one attached hydrogen (secondary N) is 1. The Morgan fingerprint density at radius 1 is 1.37 bits per heavy atom. The van der Waals surface area contributed by atoms with Crippen molar-refractivity contribution in [2.24, 2.45) is 5.92 Å². The Morgan fingerprint density at radius 2 is 2.05 bits per heavy atom. The molecule has 3 nitrogen and oxygen atoms in total. The maximum Gasteiger partial charge on any atom is 0.227 e. The minimum absolute atomic E-state index is 0.0256. The van der Waals surface area contributed by atoms with Gasteiger partial charge in [-0.1, -0.05) is 26.7 Å². The van der Waals surface area contributed by atoms with Gasteiger partial charge >= 0.3 is 0 Å². The molecule has 0 aliphatic carbocycles. The Balaban J connectivity index is 2.84. The van der Waals surface area contributed by atoms with Gasteiger partial charge in [0.25, 0.3) is 0 Å². The van der Waals surface area contributed by atoms with Crippen molar-refractivity contribution in [2.75, 3.05) is 11.1 Å². The second-order valence-electron chi connectivity index (χ2n) is 4.56. The number of rotatable bonds is 6. The molecule has 0 spiro atoms. The SMILES string of the molecule is CCCCC(CC)C(=O)Nc1c(N)ccc(F)c1F. The van der Waals surface area contributed by atoms with Crippen LogP contribution < -0.4 is 11.1 Å². The number of hydrogen-bond acceptors (Lipinski definition) is 2. The monoisotopic (exact) mass is 270 g/mol. The second kappa shape index (κ2) is 7.07.